The van der Waals surface area contributed by atoms with Crippen LogP contribution in [-0.4, -0.2) is 36.8 Å². The van der Waals surface area contributed by atoms with E-state index in [0.717, 1.165) is 10.4 Å². The second-order valence-electron chi connectivity index (χ2n) is 5.85. The molecule has 1 saturated heterocycles. The Labute approximate surface area is 146 Å². The van der Waals surface area contributed by atoms with Gasteiger partial charge in [-0.15, -0.1) is 11.3 Å². The minimum atomic E-state index is -3.03. The predicted molar refractivity (Wildman–Crippen MR) is 97.4 cm³/mol. The van der Waals surface area contributed by atoms with Crippen molar-refractivity contribution in [2.45, 2.75) is 19.0 Å². The van der Waals surface area contributed by atoms with Crippen LogP contribution in [0, 0.1) is 0 Å². The van der Waals surface area contributed by atoms with Crippen LogP contribution < -0.4 is 0 Å². The van der Waals surface area contributed by atoms with Crippen LogP contribution in [0.2, 0.25) is 0 Å². The van der Waals surface area contributed by atoms with E-state index in [2.05, 4.69) is 0 Å². The first-order chi connectivity index (χ1) is 11.5. The molecular weight excluding hydrogens is 342 g/mol. The Morgan fingerprint density at radius 2 is 2.00 bits per heavy atom. The van der Waals surface area contributed by atoms with Crippen molar-refractivity contribution >= 4 is 33.2 Å². The van der Waals surface area contributed by atoms with Gasteiger partial charge in [-0.25, -0.2) is 8.42 Å². The number of thiophene rings is 1. The lowest BCUT2D eigenvalue weighted by molar-refractivity contribution is -0.128. The molecule has 0 bridgehead atoms. The van der Waals surface area contributed by atoms with Crippen molar-refractivity contribution in [1.82, 2.24) is 4.90 Å². The molecule has 2 aromatic rings. The Balaban J connectivity index is 1.78. The number of nitrogens with zero attached hydrogens (tertiary/aromatic N) is 1. The molecule has 2 heterocycles. The number of rotatable bonds is 5. The Morgan fingerprint density at radius 1 is 1.21 bits per heavy atom. The lowest BCUT2D eigenvalue weighted by atomic mass is 10.2. The average Bonchev–Trinajstić information content (AvgIpc) is 3.20. The number of amides is 1. The molecule has 0 radical (unpaired) electrons. The fourth-order valence-corrected chi connectivity index (χ4v) is 5.24. The van der Waals surface area contributed by atoms with Gasteiger partial charge in [-0.1, -0.05) is 36.4 Å². The summed E-state index contributed by atoms with van der Waals surface area (Å²) in [5.41, 5.74) is 0.945. The molecule has 6 heteroatoms. The number of benzene rings is 1. The molecule has 0 N–H and O–H groups in total. The van der Waals surface area contributed by atoms with Gasteiger partial charge in [0.25, 0.3) is 0 Å². The second-order valence-corrected chi connectivity index (χ2v) is 9.11. The van der Waals surface area contributed by atoms with Crippen molar-refractivity contribution in [3.63, 3.8) is 0 Å². The normalized spacial score (nSPS) is 19.6. The Kier molecular flexibility index (Phi) is 5.16. The minimum Gasteiger partial charge on any atom is -0.330 e. The van der Waals surface area contributed by atoms with Gasteiger partial charge in [0.2, 0.25) is 5.91 Å². The predicted octanol–water partition coefficient (Wildman–Crippen LogP) is 2.98. The summed E-state index contributed by atoms with van der Waals surface area (Å²) < 4.78 is 23.6. The number of sulfone groups is 1. The SMILES string of the molecule is O=C(/C=C/c1ccccc1)N(Cc1cccs1)[C@@H]1CCS(=O)(=O)C1. The van der Waals surface area contributed by atoms with E-state index in [-0.39, 0.29) is 23.5 Å². The van der Waals surface area contributed by atoms with E-state index in [4.69, 9.17) is 0 Å². The maximum absolute atomic E-state index is 12.7. The van der Waals surface area contributed by atoms with Gasteiger partial charge in [0.1, 0.15) is 0 Å². The fraction of sp³-hybridized carbons (Fsp3) is 0.278. The van der Waals surface area contributed by atoms with Crippen molar-refractivity contribution in [2.24, 2.45) is 0 Å². The Bertz CT molecular complexity index is 811. The van der Waals surface area contributed by atoms with Crippen molar-refractivity contribution in [3.8, 4) is 0 Å². The van der Waals surface area contributed by atoms with Gasteiger partial charge in [-0.3, -0.25) is 4.79 Å². The lowest BCUT2D eigenvalue weighted by Crippen LogP contribution is -2.39. The topological polar surface area (TPSA) is 54.5 Å². The molecule has 0 unspecified atom stereocenters. The third kappa shape index (κ3) is 4.33. The summed E-state index contributed by atoms with van der Waals surface area (Å²) in [7, 11) is -3.03. The van der Waals surface area contributed by atoms with E-state index >= 15 is 0 Å². The molecule has 126 valence electrons. The second kappa shape index (κ2) is 7.32. The molecule has 1 atom stereocenters. The Morgan fingerprint density at radius 3 is 2.62 bits per heavy atom. The highest BCUT2D eigenvalue weighted by Crippen LogP contribution is 2.22. The third-order valence-corrected chi connectivity index (χ3v) is 6.67. The van der Waals surface area contributed by atoms with Crippen LogP contribution in [0.25, 0.3) is 6.08 Å². The molecule has 0 spiro atoms. The monoisotopic (exact) mass is 361 g/mol. The van der Waals surface area contributed by atoms with Gasteiger partial charge in [0.15, 0.2) is 9.84 Å². The van der Waals surface area contributed by atoms with E-state index < -0.39 is 9.84 Å². The first kappa shape index (κ1) is 16.9. The summed E-state index contributed by atoms with van der Waals surface area (Å²) in [4.78, 5) is 15.4. The largest absolute Gasteiger partial charge is 0.330 e. The minimum absolute atomic E-state index is 0.0588. The molecule has 0 saturated carbocycles. The molecule has 1 aliphatic heterocycles. The van der Waals surface area contributed by atoms with Crippen LogP contribution in [0.15, 0.2) is 53.9 Å². The highest BCUT2D eigenvalue weighted by atomic mass is 32.2. The summed E-state index contributed by atoms with van der Waals surface area (Å²) >= 11 is 1.57. The quantitative estimate of drug-likeness (QED) is 0.770. The van der Waals surface area contributed by atoms with Crippen molar-refractivity contribution < 1.29 is 13.2 Å². The lowest BCUT2D eigenvalue weighted by Gasteiger charge is -2.26. The maximum Gasteiger partial charge on any atom is 0.247 e. The zero-order valence-corrected chi connectivity index (χ0v) is 14.8. The Hall–Kier alpha value is -1.92. The number of hydrogen-bond acceptors (Lipinski definition) is 4. The smallest absolute Gasteiger partial charge is 0.247 e. The van der Waals surface area contributed by atoms with Crippen LogP contribution >= 0.6 is 11.3 Å². The van der Waals surface area contributed by atoms with Crippen LogP contribution in [0.5, 0.6) is 0 Å². The van der Waals surface area contributed by atoms with Crippen molar-refractivity contribution in [3.05, 3.63) is 64.4 Å². The molecular formula is C18H19NO3S2. The number of carbonyl (C=O) groups excluding carboxylic acids is 1. The zero-order valence-electron chi connectivity index (χ0n) is 13.2. The molecule has 1 aliphatic rings. The summed E-state index contributed by atoms with van der Waals surface area (Å²) in [6, 6.07) is 13.3. The standard InChI is InChI=1S/C18H19NO3S2/c20-18(9-8-15-5-2-1-3-6-15)19(13-17-7-4-11-23-17)16-10-12-24(21,22)14-16/h1-9,11,16H,10,12-14H2/b9-8+/t16-/m1/s1. The maximum atomic E-state index is 12.7. The van der Waals surface area contributed by atoms with Gasteiger partial charge < -0.3 is 4.90 Å². The van der Waals surface area contributed by atoms with Crippen LogP contribution in [0.1, 0.15) is 16.9 Å². The van der Waals surface area contributed by atoms with Gasteiger partial charge >= 0.3 is 0 Å². The van der Waals surface area contributed by atoms with Gasteiger partial charge in [-0.05, 0) is 29.5 Å². The summed E-state index contributed by atoms with van der Waals surface area (Å²) in [6.45, 7) is 0.454. The molecule has 1 aromatic carbocycles. The molecule has 4 nitrogen and oxygen atoms in total. The summed E-state index contributed by atoms with van der Waals surface area (Å²) in [5.74, 6) is 0.0757. The zero-order chi connectivity index (χ0) is 17.0. The van der Waals surface area contributed by atoms with Crippen molar-refractivity contribution in [1.29, 1.82) is 0 Å². The van der Waals surface area contributed by atoms with E-state index in [1.807, 2.05) is 47.8 Å². The van der Waals surface area contributed by atoms with Gasteiger partial charge in [0, 0.05) is 17.0 Å². The molecule has 1 aromatic heterocycles. The number of carbonyl (C=O) groups is 1. The molecule has 1 fully saturated rings. The highest BCUT2D eigenvalue weighted by molar-refractivity contribution is 7.91. The van der Waals surface area contributed by atoms with E-state index in [0.29, 0.717) is 13.0 Å². The summed E-state index contributed by atoms with van der Waals surface area (Å²) in [5, 5.41) is 1.96. The average molecular weight is 361 g/mol. The van der Waals surface area contributed by atoms with E-state index in [9.17, 15) is 13.2 Å². The molecule has 1 amide bonds. The highest BCUT2D eigenvalue weighted by Gasteiger charge is 2.34. The van der Waals surface area contributed by atoms with Crippen LogP contribution in [-0.2, 0) is 21.2 Å². The molecule has 0 aliphatic carbocycles. The molecule has 3 rings (SSSR count). The summed E-state index contributed by atoms with van der Waals surface area (Å²) in [6.07, 6.45) is 3.82. The first-order valence-electron chi connectivity index (χ1n) is 7.80. The first-order valence-corrected chi connectivity index (χ1v) is 10.5. The third-order valence-electron chi connectivity index (χ3n) is 4.06. The number of hydrogen-bond donors (Lipinski definition) is 0. The van der Waals surface area contributed by atoms with E-state index in [1.54, 1.807) is 22.3 Å². The van der Waals surface area contributed by atoms with Gasteiger partial charge in [-0.2, -0.15) is 0 Å². The van der Waals surface area contributed by atoms with E-state index in [1.165, 1.54) is 6.08 Å². The van der Waals surface area contributed by atoms with Crippen LogP contribution in [0.3, 0.4) is 0 Å². The van der Waals surface area contributed by atoms with Gasteiger partial charge in [0.05, 0.1) is 18.1 Å². The fourth-order valence-electron chi connectivity index (χ4n) is 2.81. The van der Waals surface area contributed by atoms with Crippen molar-refractivity contribution in [2.75, 3.05) is 11.5 Å². The molecule has 24 heavy (non-hydrogen) atoms. The van der Waals surface area contributed by atoms with Crippen LogP contribution in [0.4, 0.5) is 0 Å².